The molecule has 2 aromatic carbocycles. The molecule has 0 amide bonds. The summed E-state index contributed by atoms with van der Waals surface area (Å²) in [4.78, 5) is 39.9. The number of carbonyl (C=O) groups is 3. The number of benzene rings is 2. The van der Waals surface area contributed by atoms with Crippen molar-refractivity contribution in [3.05, 3.63) is 86.2 Å². The van der Waals surface area contributed by atoms with E-state index in [9.17, 15) is 19.5 Å². The van der Waals surface area contributed by atoms with E-state index in [1.54, 1.807) is 17.0 Å². The molecule has 0 saturated carbocycles. The second-order valence-corrected chi connectivity index (χ2v) is 10.1. The molecule has 5 rings (SSSR count). The number of carboxylic acid groups (broad SMARTS) is 1. The Morgan fingerprint density at radius 1 is 0.917 bits per heavy atom. The first-order valence-corrected chi connectivity index (χ1v) is 12.8. The highest BCUT2D eigenvalue weighted by Crippen LogP contribution is 2.50. The molecule has 1 heterocycles. The number of hydrogen-bond donors (Lipinski definition) is 1. The van der Waals surface area contributed by atoms with Crippen molar-refractivity contribution in [3.8, 4) is 5.75 Å². The Labute approximate surface area is 219 Å². The van der Waals surface area contributed by atoms with Gasteiger partial charge in [0.05, 0.1) is 10.0 Å². The first-order chi connectivity index (χ1) is 17.3. The van der Waals surface area contributed by atoms with Crippen molar-refractivity contribution < 1.29 is 24.2 Å². The van der Waals surface area contributed by atoms with Gasteiger partial charge in [-0.05, 0) is 48.9 Å². The first-order valence-electron chi connectivity index (χ1n) is 12.0. The zero-order valence-electron chi connectivity index (χ0n) is 19.6. The van der Waals surface area contributed by atoms with Crippen LogP contribution in [0.15, 0.2) is 65.0 Å². The number of ketones is 2. The van der Waals surface area contributed by atoms with Gasteiger partial charge >= 0.3 is 5.97 Å². The predicted octanol–water partition coefficient (Wildman–Crippen LogP) is 6.07. The topological polar surface area (TPSA) is 83.9 Å². The lowest BCUT2D eigenvalue weighted by Crippen LogP contribution is -2.41. The maximum absolute atomic E-state index is 13.3. The normalized spacial score (nSPS) is 18.3. The van der Waals surface area contributed by atoms with Gasteiger partial charge in [-0.3, -0.25) is 14.4 Å². The number of aliphatic carboxylic acids is 1. The molecule has 2 aliphatic carbocycles. The van der Waals surface area contributed by atoms with E-state index in [1.165, 1.54) is 0 Å². The number of allylic oxidation sites excluding steroid dienone is 4. The molecule has 1 aliphatic heterocycles. The van der Waals surface area contributed by atoms with Crippen molar-refractivity contribution in [2.24, 2.45) is 0 Å². The van der Waals surface area contributed by atoms with Crippen molar-refractivity contribution in [3.63, 3.8) is 0 Å². The van der Waals surface area contributed by atoms with Crippen molar-refractivity contribution in [1.82, 2.24) is 4.90 Å². The Bertz CT molecular complexity index is 1250. The molecule has 0 atom stereocenters. The third-order valence-corrected chi connectivity index (χ3v) is 7.52. The molecule has 186 valence electrons. The van der Waals surface area contributed by atoms with Crippen LogP contribution in [0.3, 0.4) is 0 Å². The number of halogens is 2. The number of nitrogens with zero attached hydrogens (tertiary/aromatic N) is 1. The number of Topliss-reactive ketones (excluding diaryl/α,β-unsaturated/α-hetero) is 2. The van der Waals surface area contributed by atoms with Crippen LogP contribution in [0.2, 0.25) is 10.0 Å². The van der Waals surface area contributed by atoms with Crippen LogP contribution in [-0.4, -0.2) is 34.1 Å². The van der Waals surface area contributed by atoms with Gasteiger partial charge in [0.1, 0.15) is 13.2 Å². The van der Waals surface area contributed by atoms with Crippen LogP contribution in [0, 0.1) is 0 Å². The molecule has 8 heteroatoms. The van der Waals surface area contributed by atoms with E-state index in [4.69, 9.17) is 27.9 Å². The summed E-state index contributed by atoms with van der Waals surface area (Å²) in [5.41, 5.74) is 3.97. The summed E-state index contributed by atoms with van der Waals surface area (Å²) >= 11 is 13.3. The fourth-order valence-corrected chi connectivity index (χ4v) is 6.10. The van der Waals surface area contributed by atoms with Crippen LogP contribution in [0.1, 0.15) is 55.6 Å². The van der Waals surface area contributed by atoms with Gasteiger partial charge in [0.2, 0.25) is 0 Å². The number of carbonyl (C=O) groups excluding carboxylic acids is 2. The van der Waals surface area contributed by atoms with E-state index in [-0.39, 0.29) is 34.8 Å². The fraction of sp³-hybridized carbons (Fsp3) is 0.321. The first kappa shape index (κ1) is 24.6. The van der Waals surface area contributed by atoms with Gasteiger partial charge in [0, 0.05) is 41.3 Å². The van der Waals surface area contributed by atoms with Gasteiger partial charge in [0.15, 0.2) is 17.3 Å². The molecule has 0 saturated heterocycles. The summed E-state index contributed by atoms with van der Waals surface area (Å²) in [5.74, 6) is -1.44. The zero-order chi connectivity index (χ0) is 25.4. The quantitative estimate of drug-likeness (QED) is 0.492. The average Bonchev–Trinajstić information content (AvgIpc) is 2.84. The Morgan fingerprint density at radius 2 is 1.47 bits per heavy atom. The van der Waals surface area contributed by atoms with E-state index in [0.717, 1.165) is 5.56 Å². The molecule has 1 N–H and O–H groups in total. The summed E-state index contributed by atoms with van der Waals surface area (Å²) in [6.45, 7) is 0.00744. The fourth-order valence-electron chi connectivity index (χ4n) is 5.49. The average molecular weight is 526 g/mol. The van der Waals surface area contributed by atoms with Gasteiger partial charge in [-0.2, -0.15) is 0 Å². The Hall–Kier alpha value is -3.09. The number of ether oxygens (including phenoxy) is 1. The SMILES string of the molecule is O=C(O)CN1C2=C(C(=O)CCC2)C(c2cc(Cl)c(OCc3ccccc3)c(Cl)c2)C2=C1CCCC2=O. The molecule has 3 aliphatic rings. The van der Waals surface area contributed by atoms with Crippen LogP contribution in [0.5, 0.6) is 5.75 Å². The summed E-state index contributed by atoms with van der Waals surface area (Å²) in [5, 5.41) is 10.2. The van der Waals surface area contributed by atoms with E-state index in [2.05, 4.69) is 0 Å². The standard InChI is InChI=1S/C28H25Cl2NO5/c29-18-12-17(13-19(30)28(18)36-15-16-6-2-1-3-7-16)25-26-20(8-4-10-22(26)32)31(14-24(34)35)21-9-5-11-23(33)27(21)25/h1-3,6-7,12-13,25H,4-5,8-11,14-15H2,(H,34,35). The van der Waals surface area contributed by atoms with E-state index >= 15 is 0 Å². The minimum atomic E-state index is -1.01. The minimum absolute atomic E-state index is 0.0711. The maximum Gasteiger partial charge on any atom is 0.323 e. The molecular weight excluding hydrogens is 501 g/mol. The highest BCUT2D eigenvalue weighted by molar-refractivity contribution is 6.37. The maximum atomic E-state index is 13.3. The van der Waals surface area contributed by atoms with Gasteiger partial charge in [-0.1, -0.05) is 53.5 Å². The van der Waals surface area contributed by atoms with Crippen LogP contribution < -0.4 is 4.74 Å². The summed E-state index contributed by atoms with van der Waals surface area (Å²) < 4.78 is 5.92. The molecular formula is C28H25Cl2NO5. The van der Waals surface area contributed by atoms with Crippen molar-refractivity contribution in [2.75, 3.05) is 6.54 Å². The van der Waals surface area contributed by atoms with E-state index in [0.29, 0.717) is 72.4 Å². The van der Waals surface area contributed by atoms with Crippen molar-refractivity contribution >= 4 is 40.7 Å². The molecule has 2 aromatic rings. The number of hydrogen-bond acceptors (Lipinski definition) is 5. The Balaban J connectivity index is 1.60. The van der Waals surface area contributed by atoms with Crippen LogP contribution in [-0.2, 0) is 21.0 Å². The lowest BCUT2D eigenvalue weighted by Gasteiger charge is -2.43. The van der Waals surface area contributed by atoms with Crippen LogP contribution >= 0.6 is 23.2 Å². The van der Waals surface area contributed by atoms with Crippen molar-refractivity contribution in [1.29, 1.82) is 0 Å². The van der Waals surface area contributed by atoms with E-state index in [1.807, 2.05) is 30.3 Å². The molecule has 0 spiro atoms. The summed E-state index contributed by atoms with van der Waals surface area (Å²) in [6, 6.07) is 13.1. The summed E-state index contributed by atoms with van der Waals surface area (Å²) in [6.07, 6.45) is 3.15. The summed E-state index contributed by atoms with van der Waals surface area (Å²) in [7, 11) is 0. The largest absolute Gasteiger partial charge is 0.486 e. The lowest BCUT2D eigenvalue weighted by atomic mass is 9.71. The molecule has 0 bridgehead atoms. The van der Waals surface area contributed by atoms with Gasteiger partial charge in [0.25, 0.3) is 0 Å². The number of rotatable bonds is 6. The van der Waals surface area contributed by atoms with Crippen LogP contribution in [0.25, 0.3) is 0 Å². The second-order valence-electron chi connectivity index (χ2n) is 9.28. The van der Waals surface area contributed by atoms with Crippen molar-refractivity contribution in [2.45, 2.75) is 51.0 Å². The van der Waals surface area contributed by atoms with Crippen LogP contribution in [0.4, 0.5) is 0 Å². The third kappa shape index (κ3) is 4.56. The Kier molecular flexibility index (Phi) is 6.91. The molecule has 0 aromatic heterocycles. The number of carboxylic acids is 1. The smallest absolute Gasteiger partial charge is 0.323 e. The predicted molar refractivity (Wildman–Crippen MR) is 136 cm³/mol. The molecule has 6 nitrogen and oxygen atoms in total. The highest BCUT2D eigenvalue weighted by Gasteiger charge is 2.44. The van der Waals surface area contributed by atoms with Gasteiger partial charge < -0.3 is 14.7 Å². The minimum Gasteiger partial charge on any atom is -0.486 e. The zero-order valence-corrected chi connectivity index (χ0v) is 21.1. The third-order valence-electron chi connectivity index (χ3n) is 6.96. The van der Waals surface area contributed by atoms with Gasteiger partial charge in [-0.15, -0.1) is 0 Å². The van der Waals surface area contributed by atoms with E-state index < -0.39 is 11.9 Å². The molecule has 0 radical (unpaired) electrons. The molecule has 0 unspecified atom stereocenters. The monoisotopic (exact) mass is 525 g/mol. The molecule has 0 fully saturated rings. The van der Waals surface area contributed by atoms with Gasteiger partial charge in [-0.25, -0.2) is 0 Å². The molecule has 36 heavy (non-hydrogen) atoms. The second kappa shape index (κ2) is 10.1. The highest BCUT2D eigenvalue weighted by atomic mass is 35.5. The lowest BCUT2D eigenvalue weighted by molar-refractivity contribution is -0.138. The Morgan fingerprint density at radius 3 is 2.00 bits per heavy atom.